The Labute approximate surface area is 93.2 Å². The molecular formula is C10H15NO3S. The standard InChI is InChI=1S/C10H15NO3S/c1-10(2,3)14-9(12)11-8-5-7(13-4)6-15-8/h5-6H,1-4H3,(H,11,12). The first kappa shape index (κ1) is 11.8. The number of nitrogens with one attached hydrogen (secondary N) is 1. The van der Waals surface area contributed by atoms with Crippen LogP contribution in [0.15, 0.2) is 11.4 Å². The molecule has 0 aliphatic carbocycles. The maximum absolute atomic E-state index is 11.4. The molecule has 1 rings (SSSR count). The van der Waals surface area contributed by atoms with Crippen LogP contribution in [0, 0.1) is 0 Å². The molecule has 1 amide bonds. The molecule has 5 heteroatoms. The molecule has 4 nitrogen and oxygen atoms in total. The number of methoxy groups -OCH3 is 1. The number of carbonyl (C=O) groups excluding carboxylic acids is 1. The molecule has 0 radical (unpaired) electrons. The molecular weight excluding hydrogens is 214 g/mol. The van der Waals surface area contributed by atoms with Gasteiger partial charge in [0, 0.05) is 11.4 Å². The molecule has 15 heavy (non-hydrogen) atoms. The van der Waals surface area contributed by atoms with Crippen LogP contribution < -0.4 is 10.1 Å². The summed E-state index contributed by atoms with van der Waals surface area (Å²) in [5.74, 6) is 0.728. The van der Waals surface area contributed by atoms with Gasteiger partial charge in [-0.15, -0.1) is 11.3 Å². The van der Waals surface area contributed by atoms with E-state index < -0.39 is 11.7 Å². The van der Waals surface area contributed by atoms with Gasteiger partial charge in [0.25, 0.3) is 0 Å². The molecule has 0 aliphatic heterocycles. The number of hydrogen-bond donors (Lipinski definition) is 1. The highest BCUT2D eigenvalue weighted by atomic mass is 32.1. The van der Waals surface area contributed by atoms with Crippen LogP contribution in [0.1, 0.15) is 20.8 Å². The van der Waals surface area contributed by atoms with Gasteiger partial charge >= 0.3 is 6.09 Å². The molecule has 0 saturated heterocycles. The fourth-order valence-electron chi connectivity index (χ4n) is 0.896. The SMILES string of the molecule is COc1csc(NC(=O)OC(C)(C)C)c1. The number of hydrogen-bond acceptors (Lipinski definition) is 4. The van der Waals surface area contributed by atoms with Crippen LogP contribution >= 0.6 is 11.3 Å². The molecule has 1 aromatic heterocycles. The number of carbonyl (C=O) groups is 1. The molecule has 1 aromatic rings. The molecule has 84 valence electrons. The molecule has 0 saturated carbocycles. The number of rotatable bonds is 2. The Bertz CT molecular complexity index is 341. The Morgan fingerprint density at radius 1 is 1.47 bits per heavy atom. The van der Waals surface area contributed by atoms with E-state index in [1.807, 2.05) is 26.2 Å². The molecule has 0 atom stereocenters. The van der Waals surface area contributed by atoms with Crippen molar-refractivity contribution in [2.75, 3.05) is 12.4 Å². The molecule has 0 unspecified atom stereocenters. The van der Waals surface area contributed by atoms with E-state index in [0.29, 0.717) is 5.00 Å². The van der Waals surface area contributed by atoms with E-state index in [-0.39, 0.29) is 0 Å². The summed E-state index contributed by atoms with van der Waals surface area (Å²) in [5, 5.41) is 5.15. The van der Waals surface area contributed by atoms with Gasteiger partial charge in [-0.2, -0.15) is 0 Å². The Balaban J connectivity index is 2.51. The summed E-state index contributed by atoms with van der Waals surface area (Å²) in [5.41, 5.74) is -0.481. The third kappa shape index (κ3) is 4.20. The van der Waals surface area contributed by atoms with Crippen molar-refractivity contribution in [1.82, 2.24) is 0 Å². The van der Waals surface area contributed by atoms with Crippen molar-refractivity contribution >= 4 is 22.4 Å². The molecule has 1 N–H and O–H groups in total. The number of ether oxygens (including phenoxy) is 2. The van der Waals surface area contributed by atoms with E-state index in [1.54, 1.807) is 13.2 Å². The third-order valence-electron chi connectivity index (χ3n) is 1.44. The lowest BCUT2D eigenvalue weighted by molar-refractivity contribution is 0.0636. The van der Waals surface area contributed by atoms with Crippen molar-refractivity contribution in [2.24, 2.45) is 0 Å². The monoisotopic (exact) mass is 229 g/mol. The van der Waals surface area contributed by atoms with Crippen molar-refractivity contribution in [1.29, 1.82) is 0 Å². The number of anilines is 1. The normalized spacial score (nSPS) is 10.9. The van der Waals surface area contributed by atoms with Gasteiger partial charge in [0.15, 0.2) is 0 Å². The zero-order chi connectivity index (χ0) is 11.5. The zero-order valence-corrected chi connectivity index (χ0v) is 10.1. The maximum atomic E-state index is 11.4. The van der Waals surface area contributed by atoms with Crippen molar-refractivity contribution < 1.29 is 14.3 Å². The van der Waals surface area contributed by atoms with E-state index in [2.05, 4.69) is 5.32 Å². The van der Waals surface area contributed by atoms with Crippen LogP contribution in [0.2, 0.25) is 0 Å². The molecule has 0 aliphatic rings. The Hall–Kier alpha value is -1.23. The predicted octanol–water partition coefficient (Wildman–Crippen LogP) is 3.10. The first-order valence-corrected chi connectivity index (χ1v) is 5.41. The second-order valence-electron chi connectivity index (χ2n) is 3.98. The first-order valence-electron chi connectivity index (χ1n) is 4.53. The highest BCUT2D eigenvalue weighted by Crippen LogP contribution is 2.26. The van der Waals surface area contributed by atoms with Crippen LogP contribution in [-0.2, 0) is 4.74 Å². The van der Waals surface area contributed by atoms with Crippen molar-refractivity contribution in [3.63, 3.8) is 0 Å². The topological polar surface area (TPSA) is 47.6 Å². The summed E-state index contributed by atoms with van der Waals surface area (Å²) in [4.78, 5) is 11.4. The zero-order valence-electron chi connectivity index (χ0n) is 9.29. The van der Waals surface area contributed by atoms with E-state index in [1.165, 1.54) is 11.3 Å². The fraction of sp³-hybridized carbons (Fsp3) is 0.500. The lowest BCUT2D eigenvalue weighted by Gasteiger charge is -2.19. The minimum atomic E-state index is -0.481. The summed E-state index contributed by atoms with van der Waals surface area (Å²) in [6.07, 6.45) is -0.452. The molecule has 1 heterocycles. The Kier molecular flexibility index (Phi) is 3.57. The van der Waals surface area contributed by atoms with E-state index >= 15 is 0 Å². The van der Waals surface area contributed by atoms with Crippen molar-refractivity contribution in [3.8, 4) is 5.75 Å². The largest absolute Gasteiger partial charge is 0.496 e. The fourth-order valence-corrected chi connectivity index (χ4v) is 1.63. The van der Waals surface area contributed by atoms with Gasteiger partial charge in [-0.05, 0) is 20.8 Å². The number of thiophene rings is 1. The minimum Gasteiger partial charge on any atom is -0.496 e. The molecule has 0 aromatic carbocycles. The van der Waals surface area contributed by atoms with Crippen molar-refractivity contribution in [2.45, 2.75) is 26.4 Å². The van der Waals surface area contributed by atoms with Gasteiger partial charge in [-0.25, -0.2) is 4.79 Å². The second kappa shape index (κ2) is 4.53. The minimum absolute atomic E-state index is 0.452. The average Bonchev–Trinajstić information content (AvgIpc) is 2.48. The number of amides is 1. The first-order chi connectivity index (χ1) is 6.90. The van der Waals surface area contributed by atoms with Crippen molar-refractivity contribution in [3.05, 3.63) is 11.4 Å². The lowest BCUT2D eigenvalue weighted by atomic mass is 10.2. The van der Waals surface area contributed by atoms with Gasteiger partial charge in [0.1, 0.15) is 16.4 Å². The Morgan fingerprint density at radius 2 is 2.13 bits per heavy atom. The average molecular weight is 229 g/mol. The summed E-state index contributed by atoms with van der Waals surface area (Å²) >= 11 is 1.39. The van der Waals surface area contributed by atoms with Gasteiger partial charge in [-0.3, -0.25) is 5.32 Å². The van der Waals surface area contributed by atoms with Gasteiger partial charge in [-0.1, -0.05) is 0 Å². The summed E-state index contributed by atoms with van der Waals surface area (Å²) in [6, 6.07) is 1.74. The van der Waals surface area contributed by atoms with Crippen LogP contribution in [0.4, 0.5) is 9.80 Å². The van der Waals surface area contributed by atoms with E-state index in [4.69, 9.17) is 9.47 Å². The lowest BCUT2D eigenvalue weighted by Crippen LogP contribution is -2.26. The quantitative estimate of drug-likeness (QED) is 0.847. The van der Waals surface area contributed by atoms with Crippen LogP contribution in [-0.4, -0.2) is 18.8 Å². The summed E-state index contributed by atoms with van der Waals surface area (Å²) in [6.45, 7) is 5.46. The summed E-state index contributed by atoms with van der Waals surface area (Å²) in [7, 11) is 1.58. The second-order valence-corrected chi connectivity index (χ2v) is 4.89. The smallest absolute Gasteiger partial charge is 0.412 e. The molecule has 0 bridgehead atoms. The Morgan fingerprint density at radius 3 is 2.60 bits per heavy atom. The third-order valence-corrected chi connectivity index (χ3v) is 2.26. The van der Waals surface area contributed by atoms with E-state index in [0.717, 1.165) is 5.75 Å². The van der Waals surface area contributed by atoms with Gasteiger partial charge in [0.2, 0.25) is 0 Å². The van der Waals surface area contributed by atoms with Crippen LogP contribution in [0.5, 0.6) is 5.75 Å². The highest BCUT2D eigenvalue weighted by molar-refractivity contribution is 7.14. The molecule has 0 spiro atoms. The summed E-state index contributed by atoms with van der Waals surface area (Å²) < 4.78 is 10.1. The van der Waals surface area contributed by atoms with E-state index in [9.17, 15) is 4.79 Å². The van der Waals surface area contributed by atoms with Crippen LogP contribution in [0.3, 0.4) is 0 Å². The highest BCUT2D eigenvalue weighted by Gasteiger charge is 2.16. The van der Waals surface area contributed by atoms with Crippen LogP contribution in [0.25, 0.3) is 0 Å². The predicted molar refractivity (Wildman–Crippen MR) is 60.7 cm³/mol. The maximum Gasteiger partial charge on any atom is 0.412 e. The van der Waals surface area contributed by atoms with Gasteiger partial charge < -0.3 is 9.47 Å². The van der Waals surface area contributed by atoms with Gasteiger partial charge in [0.05, 0.1) is 7.11 Å². The molecule has 0 fully saturated rings.